The van der Waals surface area contributed by atoms with Gasteiger partial charge in [-0.15, -0.1) is 0 Å². The van der Waals surface area contributed by atoms with Crippen molar-refractivity contribution in [1.82, 2.24) is 14.9 Å². The van der Waals surface area contributed by atoms with Crippen LogP contribution < -0.4 is 10.6 Å². The van der Waals surface area contributed by atoms with E-state index in [-0.39, 0.29) is 28.3 Å². The molecule has 0 radical (unpaired) electrons. The van der Waals surface area contributed by atoms with Crippen molar-refractivity contribution in [1.29, 1.82) is 0 Å². The van der Waals surface area contributed by atoms with E-state index in [1.54, 1.807) is 26.0 Å². The summed E-state index contributed by atoms with van der Waals surface area (Å²) in [6, 6.07) is 5.47. The first kappa shape index (κ1) is 21.4. The second kappa shape index (κ2) is 8.84. The minimum atomic E-state index is -3.65. The van der Waals surface area contributed by atoms with Gasteiger partial charge in [-0.05, 0) is 37.0 Å². The molecule has 7 nitrogen and oxygen atoms in total. The van der Waals surface area contributed by atoms with Crippen LogP contribution in [0.15, 0.2) is 29.2 Å². The van der Waals surface area contributed by atoms with E-state index in [0.717, 1.165) is 12.8 Å². The number of carbonyl (C=O) groups excluding carboxylic acids is 2. The summed E-state index contributed by atoms with van der Waals surface area (Å²) < 4.78 is 26.7. The molecule has 2 N–H and O–H groups in total. The van der Waals surface area contributed by atoms with Gasteiger partial charge in [0.2, 0.25) is 15.9 Å². The van der Waals surface area contributed by atoms with E-state index in [9.17, 15) is 18.0 Å². The van der Waals surface area contributed by atoms with E-state index in [2.05, 4.69) is 10.6 Å². The molecule has 0 heterocycles. The Bertz CT molecular complexity index is 784. The lowest BCUT2D eigenvalue weighted by molar-refractivity contribution is -0.124. The van der Waals surface area contributed by atoms with Crippen LogP contribution in [0.2, 0.25) is 0 Å². The highest BCUT2D eigenvalue weighted by Gasteiger charge is 2.30. The van der Waals surface area contributed by atoms with Crippen LogP contribution in [0.5, 0.6) is 0 Å². The Kier molecular flexibility index (Phi) is 7.00. The highest BCUT2D eigenvalue weighted by molar-refractivity contribution is 7.89. The maximum absolute atomic E-state index is 12.7. The summed E-state index contributed by atoms with van der Waals surface area (Å²) in [6.07, 6.45) is 1.94. The van der Waals surface area contributed by atoms with Gasteiger partial charge < -0.3 is 10.6 Å². The zero-order valence-corrected chi connectivity index (χ0v) is 17.2. The topological polar surface area (TPSA) is 95.6 Å². The molecule has 0 saturated heterocycles. The molecule has 150 valence electrons. The van der Waals surface area contributed by atoms with Gasteiger partial charge in [0.15, 0.2) is 0 Å². The summed E-state index contributed by atoms with van der Waals surface area (Å²) in [5, 5.41) is 5.64. The summed E-state index contributed by atoms with van der Waals surface area (Å²) in [6.45, 7) is 7.96. The molecule has 1 aliphatic carbocycles. The maximum atomic E-state index is 12.7. The Morgan fingerprint density at radius 3 is 2.33 bits per heavy atom. The molecule has 2 rings (SSSR count). The standard InChI is InChI=1S/C19H29N3O4S/c1-5-22(6-2)27(25,26)16-9-7-8-14(12-16)18(23)21-17(13(3)4)19(24)20-15-10-11-15/h7-9,12-13,15,17H,5-6,10-11H2,1-4H3,(H,20,24)(H,21,23). The molecule has 1 aromatic carbocycles. The first-order chi connectivity index (χ1) is 12.7. The minimum absolute atomic E-state index is 0.0716. The summed E-state index contributed by atoms with van der Waals surface area (Å²) >= 11 is 0. The number of hydrogen-bond acceptors (Lipinski definition) is 4. The second-order valence-electron chi connectivity index (χ2n) is 7.10. The quantitative estimate of drug-likeness (QED) is 0.666. The molecule has 8 heteroatoms. The van der Waals surface area contributed by atoms with Crippen molar-refractivity contribution in [2.75, 3.05) is 13.1 Å². The fraction of sp³-hybridized carbons (Fsp3) is 0.579. The molecule has 1 unspecified atom stereocenters. The summed E-state index contributed by atoms with van der Waals surface area (Å²) in [4.78, 5) is 25.1. The fourth-order valence-electron chi connectivity index (χ4n) is 2.79. The van der Waals surface area contributed by atoms with Gasteiger partial charge in [-0.2, -0.15) is 4.31 Å². The SMILES string of the molecule is CCN(CC)S(=O)(=O)c1cccc(C(=O)NC(C(=O)NC2CC2)C(C)C)c1. The molecule has 27 heavy (non-hydrogen) atoms. The Hall–Kier alpha value is -1.93. The predicted molar refractivity (Wildman–Crippen MR) is 104 cm³/mol. The zero-order chi connectivity index (χ0) is 20.2. The highest BCUT2D eigenvalue weighted by Crippen LogP contribution is 2.20. The second-order valence-corrected chi connectivity index (χ2v) is 9.03. The Morgan fingerprint density at radius 2 is 1.81 bits per heavy atom. The molecule has 1 aliphatic rings. The van der Waals surface area contributed by atoms with Crippen LogP contribution in [0.1, 0.15) is 50.9 Å². The normalized spacial score (nSPS) is 15.6. The van der Waals surface area contributed by atoms with Gasteiger partial charge in [0.25, 0.3) is 5.91 Å². The molecular formula is C19H29N3O4S. The van der Waals surface area contributed by atoms with Crippen molar-refractivity contribution < 1.29 is 18.0 Å². The van der Waals surface area contributed by atoms with Crippen molar-refractivity contribution >= 4 is 21.8 Å². The van der Waals surface area contributed by atoms with Crippen LogP contribution in [0.3, 0.4) is 0 Å². The minimum Gasteiger partial charge on any atom is -0.352 e. The van der Waals surface area contributed by atoms with Gasteiger partial charge in [-0.25, -0.2) is 8.42 Å². The first-order valence-electron chi connectivity index (χ1n) is 9.42. The van der Waals surface area contributed by atoms with E-state index in [1.807, 2.05) is 13.8 Å². The molecule has 0 spiro atoms. The Morgan fingerprint density at radius 1 is 1.19 bits per heavy atom. The third-order valence-electron chi connectivity index (χ3n) is 4.60. The van der Waals surface area contributed by atoms with Crippen molar-refractivity contribution in [3.05, 3.63) is 29.8 Å². The van der Waals surface area contributed by atoms with Gasteiger partial charge in [0, 0.05) is 24.7 Å². The lowest BCUT2D eigenvalue weighted by Gasteiger charge is -2.22. The van der Waals surface area contributed by atoms with E-state index in [4.69, 9.17) is 0 Å². The molecule has 1 aromatic rings. The van der Waals surface area contributed by atoms with E-state index in [1.165, 1.54) is 16.4 Å². The van der Waals surface area contributed by atoms with E-state index >= 15 is 0 Å². The number of rotatable bonds is 9. The van der Waals surface area contributed by atoms with Crippen molar-refractivity contribution in [3.63, 3.8) is 0 Å². The van der Waals surface area contributed by atoms with Crippen LogP contribution in [0, 0.1) is 5.92 Å². The third kappa shape index (κ3) is 5.29. The lowest BCUT2D eigenvalue weighted by atomic mass is 10.0. The maximum Gasteiger partial charge on any atom is 0.251 e. The number of nitrogens with one attached hydrogen (secondary N) is 2. The summed E-state index contributed by atoms with van der Waals surface area (Å²) in [7, 11) is -3.65. The number of amides is 2. The number of sulfonamides is 1. The summed E-state index contributed by atoms with van der Waals surface area (Å²) in [5.41, 5.74) is 0.216. The average molecular weight is 396 g/mol. The molecule has 2 amide bonds. The Labute approximate surface area is 161 Å². The first-order valence-corrected chi connectivity index (χ1v) is 10.9. The number of hydrogen-bond donors (Lipinski definition) is 2. The van der Waals surface area contributed by atoms with Crippen LogP contribution >= 0.6 is 0 Å². The van der Waals surface area contributed by atoms with Gasteiger partial charge in [-0.3, -0.25) is 9.59 Å². The molecule has 0 aliphatic heterocycles. The summed E-state index contributed by atoms with van der Waals surface area (Å²) in [5.74, 6) is -0.751. The van der Waals surface area contributed by atoms with Crippen LogP contribution in [0.4, 0.5) is 0 Å². The molecule has 1 atom stereocenters. The van der Waals surface area contributed by atoms with Crippen LogP contribution in [-0.4, -0.2) is 49.7 Å². The third-order valence-corrected chi connectivity index (χ3v) is 6.64. The number of carbonyl (C=O) groups is 2. The fourth-order valence-corrected chi connectivity index (χ4v) is 4.29. The van der Waals surface area contributed by atoms with Crippen LogP contribution in [0.25, 0.3) is 0 Å². The van der Waals surface area contributed by atoms with Gasteiger partial charge >= 0.3 is 0 Å². The number of benzene rings is 1. The van der Waals surface area contributed by atoms with Crippen LogP contribution in [-0.2, 0) is 14.8 Å². The van der Waals surface area contributed by atoms with E-state index in [0.29, 0.717) is 13.1 Å². The predicted octanol–water partition coefficient (Wildman–Crippen LogP) is 1.75. The van der Waals surface area contributed by atoms with Crippen molar-refractivity contribution in [3.8, 4) is 0 Å². The van der Waals surface area contributed by atoms with Gasteiger partial charge in [-0.1, -0.05) is 33.8 Å². The largest absolute Gasteiger partial charge is 0.352 e. The highest BCUT2D eigenvalue weighted by atomic mass is 32.2. The monoisotopic (exact) mass is 395 g/mol. The van der Waals surface area contributed by atoms with E-state index < -0.39 is 22.0 Å². The molecular weight excluding hydrogens is 366 g/mol. The molecule has 0 aromatic heterocycles. The Balaban J connectivity index is 2.19. The molecule has 1 fully saturated rings. The van der Waals surface area contributed by atoms with Crippen molar-refractivity contribution in [2.24, 2.45) is 5.92 Å². The smallest absolute Gasteiger partial charge is 0.251 e. The van der Waals surface area contributed by atoms with Gasteiger partial charge in [0.1, 0.15) is 6.04 Å². The lowest BCUT2D eigenvalue weighted by Crippen LogP contribution is -2.50. The molecule has 0 bridgehead atoms. The van der Waals surface area contributed by atoms with Gasteiger partial charge in [0.05, 0.1) is 4.90 Å². The zero-order valence-electron chi connectivity index (χ0n) is 16.4. The van der Waals surface area contributed by atoms with Crippen molar-refractivity contribution in [2.45, 2.75) is 57.5 Å². The average Bonchev–Trinajstić information content (AvgIpc) is 3.43. The number of nitrogens with zero attached hydrogens (tertiary/aromatic N) is 1. The molecule has 1 saturated carbocycles.